The third-order valence-electron chi connectivity index (χ3n) is 3.99. The van der Waals surface area contributed by atoms with Gasteiger partial charge < -0.3 is 19.8 Å². The van der Waals surface area contributed by atoms with Crippen LogP contribution in [0.15, 0.2) is 24.3 Å². The van der Waals surface area contributed by atoms with Gasteiger partial charge in [-0.05, 0) is 30.9 Å². The molecule has 21 heavy (non-hydrogen) atoms. The Bertz CT molecular complexity index is 460. The van der Waals surface area contributed by atoms with Crippen molar-refractivity contribution in [2.75, 3.05) is 13.2 Å². The van der Waals surface area contributed by atoms with Gasteiger partial charge in [0.15, 0.2) is 0 Å². The first-order chi connectivity index (χ1) is 10.2. The summed E-state index contributed by atoms with van der Waals surface area (Å²) in [6.45, 7) is 2.79. The minimum atomic E-state index is -0.289. The van der Waals surface area contributed by atoms with Crippen LogP contribution < -0.4 is 0 Å². The first kappa shape index (κ1) is 15.8. The lowest BCUT2D eigenvalue weighted by atomic mass is 10.0. The predicted octanol–water partition coefficient (Wildman–Crippen LogP) is 2.22. The van der Waals surface area contributed by atoms with Gasteiger partial charge in [-0.3, -0.25) is 0 Å². The molecular weight excluding hydrogens is 270 g/mol. The molecule has 5 nitrogen and oxygen atoms in total. The molecule has 1 heterocycles. The van der Waals surface area contributed by atoms with Gasteiger partial charge in [0.25, 0.3) is 0 Å². The van der Waals surface area contributed by atoms with E-state index in [1.807, 2.05) is 31.2 Å². The van der Waals surface area contributed by atoms with Crippen molar-refractivity contribution in [3.63, 3.8) is 0 Å². The van der Waals surface area contributed by atoms with Crippen molar-refractivity contribution in [2.45, 2.75) is 44.9 Å². The zero-order valence-corrected chi connectivity index (χ0v) is 12.4. The van der Waals surface area contributed by atoms with Crippen molar-refractivity contribution >= 4 is 6.09 Å². The molecule has 1 aliphatic rings. The van der Waals surface area contributed by atoms with Crippen LogP contribution in [0.5, 0.6) is 0 Å². The lowest BCUT2D eigenvalue weighted by molar-refractivity contribution is 0.00759. The average molecular weight is 293 g/mol. The minimum Gasteiger partial charge on any atom is -0.446 e. The maximum atomic E-state index is 12.1. The summed E-state index contributed by atoms with van der Waals surface area (Å²) in [7, 11) is 0. The highest BCUT2D eigenvalue weighted by atomic mass is 16.6. The molecule has 0 aliphatic carbocycles. The summed E-state index contributed by atoms with van der Waals surface area (Å²) in [5.74, 6) is 0. The van der Waals surface area contributed by atoms with Crippen molar-refractivity contribution < 1.29 is 19.7 Å². The van der Waals surface area contributed by atoms with Gasteiger partial charge in [-0.25, -0.2) is 4.79 Å². The third kappa shape index (κ3) is 3.95. The number of aliphatic hydroxyl groups is 2. The molecule has 1 amide bonds. The Morgan fingerprint density at radius 2 is 2.05 bits per heavy atom. The topological polar surface area (TPSA) is 70.0 Å². The molecule has 1 saturated heterocycles. The number of rotatable bonds is 6. The Hall–Kier alpha value is -1.59. The highest BCUT2D eigenvalue weighted by Crippen LogP contribution is 2.26. The van der Waals surface area contributed by atoms with E-state index in [2.05, 4.69) is 0 Å². The second-order valence-corrected chi connectivity index (χ2v) is 5.43. The summed E-state index contributed by atoms with van der Waals surface area (Å²) in [6.07, 6.45) is 1.81. The number of cyclic esters (lactones) is 1. The van der Waals surface area contributed by atoms with Crippen LogP contribution in [0.4, 0.5) is 4.79 Å². The smallest absolute Gasteiger partial charge is 0.410 e. The number of aliphatic hydroxyl groups excluding tert-OH is 2. The highest BCUT2D eigenvalue weighted by Gasteiger charge is 2.30. The molecule has 1 fully saturated rings. The summed E-state index contributed by atoms with van der Waals surface area (Å²) in [6, 6.07) is 7.54. The van der Waals surface area contributed by atoms with Crippen LogP contribution in [0, 0.1) is 0 Å². The summed E-state index contributed by atoms with van der Waals surface area (Å²) >= 11 is 0. The summed E-state index contributed by atoms with van der Waals surface area (Å²) in [5.41, 5.74) is 1.88. The fourth-order valence-corrected chi connectivity index (χ4v) is 2.60. The number of nitrogens with zero attached hydrogens (tertiary/aromatic N) is 1. The zero-order valence-electron chi connectivity index (χ0n) is 12.4. The number of ether oxygens (including phenoxy) is 1. The number of amides is 1. The van der Waals surface area contributed by atoms with Crippen LogP contribution in [-0.4, -0.2) is 40.5 Å². The van der Waals surface area contributed by atoms with Crippen molar-refractivity contribution in [2.24, 2.45) is 0 Å². The molecule has 0 bridgehead atoms. The number of hydrogen-bond acceptors (Lipinski definition) is 4. The first-order valence-electron chi connectivity index (χ1n) is 7.43. The maximum absolute atomic E-state index is 12.1. The van der Waals surface area contributed by atoms with E-state index < -0.39 is 0 Å². The fourth-order valence-electron chi connectivity index (χ4n) is 2.60. The van der Waals surface area contributed by atoms with E-state index in [9.17, 15) is 4.79 Å². The highest BCUT2D eigenvalue weighted by molar-refractivity contribution is 5.69. The molecule has 2 atom stereocenters. The largest absolute Gasteiger partial charge is 0.446 e. The molecule has 2 N–H and O–H groups in total. The van der Waals surface area contributed by atoms with E-state index in [0.29, 0.717) is 13.0 Å². The van der Waals surface area contributed by atoms with Crippen molar-refractivity contribution in [3.05, 3.63) is 35.4 Å². The molecule has 5 heteroatoms. The summed E-state index contributed by atoms with van der Waals surface area (Å²) in [4.78, 5) is 13.8. The van der Waals surface area contributed by atoms with Crippen LogP contribution in [0.2, 0.25) is 0 Å². The van der Waals surface area contributed by atoms with Crippen LogP contribution in [-0.2, 0) is 11.3 Å². The number of carbonyl (C=O) groups is 1. The van der Waals surface area contributed by atoms with Crippen molar-refractivity contribution in [1.82, 2.24) is 4.90 Å². The van der Waals surface area contributed by atoms with E-state index in [1.165, 1.54) is 0 Å². The van der Waals surface area contributed by atoms with Gasteiger partial charge in [0.1, 0.15) is 6.10 Å². The number of carbonyl (C=O) groups excluding carboxylic acids is 1. The quantitative estimate of drug-likeness (QED) is 0.844. The molecule has 0 spiro atoms. The Morgan fingerprint density at radius 1 is 1.33 bits per heavy atom. The molecular formula is C16H23NO4. The predicted molar refractivity (Wildman–Crippen MR) is 78.7 cm³/mol. The molecule has 1 aromatic rings. The average Bonchev–Trinajstić information content (AvgIpc) is 2.52. The lowest BCUT2D eigenvalue weighted by Gasteiger charge is -2.35. The lowest BCUT2D eigenvalue weighted by Crippen LogP contribution is -2.43. The monoisotopic (exact) mass is 293 g/mol. The van der Waals surface area contributed by atoms with Crippen LogP contribution in [0.3, 0.4) is 0 Å². The summed E-state index contributed by atoms with van der Waals surface area (Å²) in [5, 5.41) is 17.9. The zero-order chi connectivity index (χ0) is 15.2. The Labute approximate surface area is 125 Å². The first-order valence-corrected chi connectivity index (χ1v) is 7.43. The van der Waals surface area contributed by atoms with Crippen LogP contribution in [0.1, 0.15) is 43.4 Å². The van der Waals surface area contributed by atoms with E-state index >= 15 is 0 Å². The van der Waals surface area contributed by atoms with Crippen LogP contribution >= 0.6 is 0 Å². The van der Waals surface area contributed by atoms with Gasteiger partial charge >= 0.3 is 6.09 Å². The second-order valence-electron chi connectivity index (χ2n) is 5.43. The molecule has 2 rings (SSSR count). The Kier molecular flexibility index (Phi) is 5.59. The maximum Gasteiger partial charge on any atom is 0.410 e. The summed E-state index contributed by atoms with van der Waals surface area (Å²) < 4.78 is 5.42. The van der Waals surface area contributed by atoms with Gasteiger partial charge in [-0.15, -0.1) is 0 Å². The van der Waals surface area contributed by atoms with E-state index in [-0.39, 0.29) is 31.5 Å². The molecule has 0 aromatic heterocycles. The standard InChI is InChI=1S/C16H23NO4/c1-12(14-6-4-13(11-19)5-7-14)17-9-8-15(3-2-10-18)21-16(17)20/h4-7,12,15,18-19H,2-3,8-11H2,1H3. The Balaban J connectivity index is 1.96. The second kappa shape index (κ2) is 7.43. The fraction of sp³-hybridized carbons (Fsp3) is 0.562. The number of benzene rings is 1. The van der Waals surface area contributed by atoms with Crippen LogP contribution in [0.25, 0.3) is 0 Å². The molecule has 2 unspecified atom stereocenters. The van der Waals surface area contributed by atoms with Crippen molar-refractivity contribution in [1.29, 1.82) is 0 Å². The van der Waals surface area contributed by atoms with Gasteiger partial charge in [0.05, 0.1) is 12.6 Å². The Morgan fingerprint density at radius 3 is 2.62 bits per heavy atom. The molecule has 0 radical (unpaired) electrons. The molecule has 1 aliphatic heterocycles. The van der Waals surface area contributed by atoms with Gasteiger partial charge in [0.2, 0.25) is 0 Å². The SMILES string of the molecule is CC(c1ccc(CO)cc1)N1CCC(CCCO)OC1=O. The molecule has 0 saturated carbocycles. The van der Waals surface area contributed by atoms with Gasteiger partial charge in [-0.2, -0.15) is 0 Å². The normalized spacial score (nSPS) is 20.2. The number of hydrogen-bond donors (Lipinski definition) is 2. The molecule has 1 aromatic carbocycles. The molecule has 116 valence electrons. The van der Waals surface area contributed by atoms with Gasteiger partial charge in [-0.1, -0.05) is 24.3 Å². The minimum absolute atomic E-state index is 0.0208. The van der Waals surface area contributed by atoms with E-state index in [0.717, 1.165) is 24.0 Å². The van der Waals surface area contributed by atoms with E-state index in [1.54, 1.807) is 4.90 Å². The van der Waals surface area contributed by atoms with Crippen molar-refractivity contribution in [3.8, 4) is 0 Å². The third-order valence-corrected chi connectivity index (χ3v) is 3.99. The van der Waals surface area contributed by atoms with E-state index in [4.69, 9.17) is 14.9 Å². The van der Waals surface area contributed by atoms with Gasteiger partial charge in [0, 0.05) is 19.6 Å².